The van der Waals surface area contributed by atoms with Crippen LogP contribution in [0.5, 0.6) is 5.75 Å². The van der Waals surface area contributed by atoms with Crippen molar-refractivity contribution in [1.82, 2.24) is 9.62 Å². The molecule has 2 aromatic rings. The lowest BCUT2D eigenvalue weighted by Crippen LogP contribution is -2.38. The van der Waals surface area contributed by atoms with Gasteiger partial charge in [0.1, 0.15) is 11.4 Å². The molecule has 0 saturated heterocycles. The van der Waals surface area contributed by atoms with E-state index in [1.54, 1.807) is 4.90 Å². The van der Waals surface area contributed by atoms with Crippen LogP contribution in [0.2, 0.25) is 0 Å². The molecule has 1 fully saturated rings. The van der Waals surface area contributed by atoms with Crippen LogP contribution in [0.3, 0.4) is 0 Å². The summed E-state index contributed by atoms with van der Waals surface area (Å²) in [5, 5.41) is 0. The number of carbonyl (C=O) groups is 2. The van der Waals surface area contributed by atoms with E-state index in [0.717, 1.165) is 36.3 Å². The standard InChI is InChI=1S/C31H44N2O4S/c1-23-14-16-26(21-23)36-28-17-15-25(22-29(28)38-32-5)27(34)13-9-10-19-33(30(35)37-31(2,3)4)20-18-24-11-7-6-8-12-24/h6-8,11-12,15,17,22-23,26,32H,9-10,13-14,16,18-21H2,1-5H3. The first-order chi connectivity index (χ1) is 18.1. The first-order valence-electron chi connectivity index (χ1n) is 13.8. The van der Waals surface area contributed by atoms with Gasteiger partial charge in [-0.05, 0) is 108 Å². The highest BCUT2D eigenvalue weighted by Crippen LogP contribution is 2.34. The SMILES string of the molecule is CNSc1cc(C(=O)CCCCN(CCc2ccccc2)C(=O)OC(C)(C)C)ccc1OC1CCC(C)C1. The van der Waals surface area contributed by atoms with Gasteiger partial charge in [-0.25, -0.2) is 4.79 Å². The van der Waals surface area contributed by atoms with E-state index >= 15 is 0 Å². The zero-order chi connectivity index (χ0) is 27.5. The fraction of sp³-hybridized carbons (Fsp3) is 0.548. The lowest BCUT2D eigenvalue weighted by Gasteiger charge is -2.27. The molecule has 1 aliphatic carbocycles. The Kier molecular flexibility index (Phi) is 11.5. The summed E-state index contributed by atoms with van der Waals surface area (Å²) in [4.78, 5) is 28.5. The van der Waals surface area contributed by atoms with Crippen LogP contribution in [-0.4, -0.2) is 48.6 Å². The van der Waals surface area contributed by atoms with Gasteiger partial charge in [0.05, 0.1) is 11.0 Å². The van der Waals surface area contributed by atoms with E-state index in [0.29, 0.717) is 37.4 Å². The molecule has 1 N–H and O–H groups in total. The maximum Gasteiger partial charge on any atom is 0.410 e. The topological polar surface area (TPSA) is 67.9 Å². The average Bonchev–Trinajstić information content (AvgIpc) is 3.28. The summed E-state index contributed by atoms with van der Waals surface area (Å²) >= 11 is 1.48. The third kappa shape index (κ3) is 9.99. The van der Waals surface area contributed by atoms with Crippen molar-refractivity contribution in [1.29, 1.82) is 0 Å². The third-order valence-corrected chi connectivity index (χ3v) is 7.41. The van der Waals surface area contributed by atoms with Gasteiger partial charge in [-0.2, -0.15) is 0 Å². The van der Waals surface area contributed by atoms with E-state index < -0.39 is 5.60 Å². The van der Waals surface area contributed by atoms with Crippen LogP contribution < -0.4 is 9.46 Å². The van der Waals surface area contributed by atoms with E-state index in [1.807, 2.05) is 64.2 Å². The fourth-order valence-corrected chi connectivity index (χ4v) is 5.29. The van der Waals surface area contributed by atoms with Gasteiger partial charge in [0.15, 0.2) is 5.78 Å². The van der Waals surface area contributed by atoms with Crippen LogP contribution in [0.15, 0.2) is 53.4 Å². The summed E-state index contributed by atoms with van der Waals surface area (Å²) in [5.74, 6) is 1.65. The Balaban J connectivity index is 1.54. The van der Waals surface area contributed by atoms with E-state index in [9.17, 15) is 9.59 Å². The van der Waals surface area contributed by atoms with Crippen molar-refractivity contribution in [3.63, 3.8) is 0 Å². The number of hydrogen-bond donors (Lipinski definition) is 1. The van der Waals surface area contributed by atoms with Gasteiger partial charge in [-0.3, -0.25) is 9.52 Å². The molecule has 208 valence electrons. The smallest absolute Gasteiger partial charge is 0.410 e. The molecule has 0 heterocycles. The molecule has 0 aromatic heterocycles. The highest BCUT2D eigenvalue weighted by Gasteiger charge is 2.24. The maximum atomic E-state index is 13.0. The maximum absolute atomic E-state index is 13.0. The zero-order valence-electron chi connectivity index (χ0n) is 23.6. The lowest BCUT2D eigenvalue weighted by atomic mass is 10.0. The van der Waals surface area contributed by atoms with Crippen molar-refractivity contribution in [2.75, 3.05) is 20.1 Å². The number of ether oxygens (including phenoxy) is 2. The number of Topliss-reactive ketones (excluding diaryl/α,β-unsaturated/α-hetero) is 1. The largest absolute Gasteiger partial charge is 0.489 e. The summed E-state index contributed by atoms with van der Waals surface area (Å²) in [6.45, 7) is 9.05. The molecular formula is C31H44N2O4S. The van der Waals surface area contributed by atoms with Gasteiger partial charge in [0, 0.05) is 25.1 Å². The molecule has 38 heavy (non-hydrogen) atoms. The van der Waals surface area contributed by atoms with Crippen molar-refractivity contribution >= 4 is 23.8 Å². The third-order valence-electron chi connectivity index (χ3n) is 6.66. The van der Waals surface area contributed by atoms with Crippen LogP contribution in [0, 0.1) is 5.92 Å². The number of nitrogens with zero attached hydrogens (tertiary/aromatic N) is 1. The van der Waals surface area contributed by atoms with E-state index in [2.05, 4.69) is 23.8 Å². The Hall–Kier alpha value is -2.51. The van der Waals surface area contributed by atoms with Crippen LogP contribution in [-0.2, 0) is 11.2 Å². The number of hydrogen-bond acceptors (Lipinski definition) is 6. The average molecular weight is 541 g/mol. The summed E-state index contributed by atoms with van der Waals surface area (Å²) in [5.41, 5.74) is 1.33. The molecule has 0 radical (unpaired) electrons. The van der Waals surface area contributed by atoms with Gasteiger partial charge < -0.3 is 14.4 Å². The molecule has 2 atom stereocenters. The number of carbonyl (C=O) groups excluding carboxylic acids is 2. The van der Waals surface area contributed by atoms with Crippen molar-refractivity contribution in [2.24, 2.45) is 5.92 Å². The van der Waals surface area contributed by atoms with Gasteiger partial charge >= 0.3 is 6.09 Å². The first-order valence-corrected chi connectivity index (χ1v) is 14.7. The normalized spacial score (nSPS) is 17.3. The predicted octanol–water partition coefficient (Wildman–Crippen LogP) is 7.31. The van der Waals surface area contributed by atoms with Crippen molar-refractivity contribution in [2.45, 2.75) is 89.2 Å². The highest BCUT2D eigenvalue weighted by atomic mass is 32.2. The van der Waals surface area contributed by atoms with Crippen molar-refractivity contribution in [3.8, 4) is 5.75 Å². The van der Waals surface area contributed by atoms with Gasteiger partial charge in [0.2, 0.25) is 0 Å². The molecule has 0 bridgehead atoms. The van der Waals surface area contributed by atoms with Crippen molar-refractivity contribution < 1.29 is 19.1 Å². The molecule has 1 amide bonds. The number of nitrogens with one attached hydrogen (secondary N) is 1. The second-order valence-corrected chi connectivity index (χ2v) is 12.3. The Morgan fingerprint density at radius 2 is 1.82 bits per heavy atom. The molecule has 1 aliphatic rings. The molecule has 2 aromatic carbocycles. The molecule has 0 spiro atoms. The van der Waals surface area contributed by atoms with Crippen LogP contribution in [0.25, 0.3) is 0 Å². The molecule has 2 unspecified atom stereocenters. The highest BCUT2D eigenvalue weighted by molar-refractivity contribution is 7.97. The molecule has 7 heteroatoms. The second-order valence-electron chi connectivity index (χ2n) is 11.2. The number of ketones is 1. The fourth-order valence-electron chi connectivity index (χ4n) is 4.67. The second kappa shape index (κ2) is 14.6. The number of amides is 1. The minimum Gasteiger partial charge on any atom is -0.489 e. The monoisotopic (exact) mass is 540 g/mol. The Morgan fingerprint density at radius 3 is 2.47 bits per heavy atom. The van der Waals surface area contributed by atoms with Gasteiger partial charge in [0.25, 0.3) is 0 Å². The van der Waals surface area contributed by atoms with E-state index in [1.165, 1.54) is 23.9 Å². The van der Waals surface area contributed by atoms with Crippen molar-refractivity contribution in [3.05, 3.63) is 59.7 Å². The molecule has 6 nitrogen and oxygen atoms in total. The van der Waals surface area contributed by atoms with Gasteiger partial charge in [-0.15, -0.1) is 0 Å². The number of rotatable bonds is 13. The van der Waals surface area contributed by atoms with E-state index in [-0.39, 0.29) is 18.0 Å². The van der Waals surface area contributed by atoms with Crippen LogP contribution >= 0.6 is 11.9 Å². The lowest BCUT2D eigenvalue weighted by molar-refractivity contribution is 0.0249. The predicted molar refractivity (Wildman–Crippen MR) is 155 cm³/mol. The summed E-state index contributed by atoms with van der Waals surface area (Å²) < 4.78 is 15.0. The Bertz CT molecular complexity index is 1040. The minimum absolute atomic E-state index is 0.108. The van der Waals surface area contributed by atoms with Gasteiger partial charge in [-0.1, -0.05) is 37.3 Å². The Labute approximate surface area is 233 Å². The Morgan fingerprint density at radius 1 is 1.05 bits per heavy atom. The molecule has 0 aliphatic heterocycles. The summed E-state index contributed by atoms with van der Waals surface area (Å²) in [7, 11) is 1.87. The quantitative estimate of drug-likeness (QED) is 0.163. The molecule has 1 saturated carbocycles. The van der Waals surface area contributed by atoms with Crippen LogP contribution in [0.4, 0.5) is 4.79 Å². The first kappa shape index (κ1) is 30.0. The molecule has 3 rings (SSSR count). The number of benzene rings is 2. The molecular weight excluding hydrogens is 496 g/mol. The zero-order valence-corrected chi connectivity index (χ0v) is 24.4. The summed E-state index contributed by atoms with van der Waals surface area (Å²) in [6.07, 6.45) is 5.94. The van der Waals surface area contributed by atoms with E-state index in [4.69, 9.17) is 9.47 Å². The van der Waals surface area contributed by atoms with Crippen LogP contribution in [0.1, 0.15) is 82.1 Å². The minimum atomic E-state index is -0.549. The number of unbranched alkanes of at least 4 members (excludes halogenated alkanes) is 1. The summed E-state index contributed by atoms with van der Waals surface area (Å²) in [6, 6.07) is 15.9.